The van der Waals surface area contributed by atoms with E-state index in [0.29, 0.717) is 15.0 Å². The number of nitrogens with zero attached hydrogens (tertiary/aromatic N) is 1. The van der Waals surface area contributed by atoms with Crippen molar-refractivity contribution >= 4 is 34.5 Å². The second-order valence-corrected chi connectivity index (χ2v) is 6.20. The van der Waals surface area contributed by atoms with Gasteiger partial charge in [0.25, 0.3) is 0 Å². The van der Waals surface area contributed by atoms with Gasteiger partial charge in [0.1, 0.15) is 0 Å². The summed E-state index contributed by atoms with van der Waals surface area (Å²) in [5.74, 6) is 2.19. The summed E-state index contributed by atoms with van der Waals surface area (Å²) in [6.07, 6.45) is 5.27. The molecule has 0 bridgehead atoms. The predicted octanol–water partition coefficient (Wildman–Crippen LogP) is 1.84. The van der Waals surface area contributed by atoms with E-state index in [1.54, 1.807) is 0 Å². The van der Waals surface area contributed by atoms with Crippen LogP contribution in [0, 0.1) is 0 Å². The summed E-state index contributed by atoms with van der Waals surface area (Å²) >= 11 is 3.57. The molecule has 3 heteroatoms. The molecule has 0 amide bonds. The summed E-state index contributed by atoms with van der Waals surface area (Å²) in [7, 11) is 0. The molecular weight excluding hydrogens is 268 g/mol. The second kappa shape index (κ2) is 8.80. The Labute approximate surface area is 84.4 Å². The predicted molar refractivity (Wildman–Crippen MR) is 53.8 cm³/mol. The molecule has 0 fully saturated rings. The third-order valence-corrected chi connectivity index (χ3v) is 4.52. The fourth-order valence-corrected chi connectivity index (χ4v) is 1.43. The van der Waals surface area contributed by atoms with Crippen molar-refractivity contribution in [3.8, 4) is 0 Å². The van der Waals surface area contributed by atoms with Gasteiger partial charge in [-0.05, 0) is 0 Å². The Bertz CT molecular complexity index is 113. The molecule has 0 aromatic heterocycles. The minimum absolute atomic E-state index is 0.574. The third kappa shape index (κ3) is 8.62. The molecule has 0 aromatic carbocycles. The van der Waals surface area contributed by atoms with Crippen LogP contribution in [0.1, 0.15) is 32.6 Å². The first-order valence-corrected chi connectivity index (χ1v) is 7.49. The number of hydrogen-bond donors (Lipinski definition) is 0. The maximum absolute atomic E-state index is 4.40. The fourth-order valence-electron chi connectivity index (χ4n) is 0.773. The molecule has 0 spiro atoms. The van der Waals surface area contributed by atoms with E-state index in [9.17, 15) is 0 Å². The van der Waals surface area contributed by atoms with Gasteiger partial charge in [-0.25, -0.2) is 0 Å². The van der Waals surface area contributed by atoms with Crippen molar-refractivity contribution in [2.75, 3.05) is 6.54 Å². The van der Waals surface area contributed by atoms with Crippen molar-refractivity contribution in [3.05, 3.63) is 0 Å². The Kier molecular flexibility index (Phi) is 9.37. The Morgan fingerprint density at radius 2 is 2.09 bits per heavy atom. The van der Waals surface area contributed by atoms with Crippen LogP contribution in [0.2, 0.25) is 5.82 Å². The standard InChI is InChI=1S/C8H16NSe2/c1-3-4-5-6-7-9-8(10)11-2/h3-7H2,1-2H3. The van der Waals surface area contributed by atoms with Crippen molar-refractivity contribution in [2.24, 2.45) is 4.99 Å². The molecule has 0 aromatic rings. The SMILES string of the molecule is CCCCCCN=C([Se])[Se]C. The van der Waals surface area contributed by atoms with E-state index < -0.39 is 0 Å². The Hall–Kier alpha value is 0.709. The topological polar surface area (TPSA) is 12.4 Å². The van der Waals surface area contributed by atoms with Crippen LogP contribution in [0.25, 0.3) is 0 Å². The molecule has 11 heavy (non-hydrogen) atoms. The van der Waals surface area contributed by atoms with Crippen molar-refractivity contribution < 1.29 is 0 Å². The minimum atomic E-state index is 0.574. The quantitative estimate of drug-likeness (QED) is 0.401. The van der Waals surface area contributed by atoms with Gasteiger partial charge in [0, 0.05) is 0 Å². The Morgan fingerprint density at radius 3 is 2.64 bits per heavy atom. The van der Waals surface area contributed by atoms with Crippen molar-refractivity contribution in [1.29, 1.82) is 0 Å². The molecule has 0 unspecified atom stereocenters. The van der Waals surface area contributed by atoms with E-state index in [2.05, 4.69) is 33.8 Å². The van der Waals surface area contributed by atoms with Crippen LogP contribution in [0.15, 0.2) is 4.99 Å². The van der Waals surface area contributed by atoms with Crippen LogP contribution in [0.4, 0.5) is 0 Å². The number of unbranched alkanes of at least 4 members (excludes halogenated alkanes) is 3. The van der Waals surface area contributed by atoms with E-state index in [0.717, 1.165) is 6.54 Å². The summed E-state index contributed by atoms with van der Waals surface area (Å²) in [5, 5.41) is 0. The molecular formula is C8H16NSe2. The number of rotatable bonds is 6. The first kappa shape index (κ1) is 11.7. The number of hydrogen-bond acceptors (Lipinski definition) is 1. The van der Waals surface area contributed by atoms with Crippen LogP contribution < -0.4 is 0 Å². The average molecular weight is 284 g/mol. The monoisotopic (exact) mass is 286 g/mol. The summed E-state index contributed by atoms with van der Waals surface area (Å²) in [6, 6.07) is 0. The van der Waals surface area contributed by atoms with E-state index in [4.69, 9.17) is 0 Å². The fraction of sp³-hybridized carbons (Fsp3) is 0.875. The van der Waals surface area contributed by atoms with Gasteiger partial charge in [-0.2, -0.15) is 0 Å². The molecule has 0 saturated carbocycles. The van der Waals surface area contributed by atoms with E-state index in [-0.39, 0.29) is 0 Å². The molecule has 65 valence electrons. The van der Waals surface area contributed by atoms with E-state index in [1.807, 2.05) is 0 Å². The van der Waals surface area contributed by atoms with Gasteiger partial charge < -0.3 is 0 Å². The maximum atomic E-state index is 4.40. The van der Waals surface area contributed by atoms with Gasteiger partial charge in [-0.15, -0.1) is 0 Å². The van der Waals surface area contributed by atoms with Gasteiger partial charge in [0.15, 0.2) is 0 Å². The molecule has 1 nitrogen and oxygen atoms in total. The van der Waals surface area contributed by atoms with Crippen LogP contribution >= 0.6 is 0 Å². The Balaban J connectivity index is 3.12. The zero-order chi connectivity index (χ0) is 8.53. The summed E-state index contributed by atoms with van der Waals surface area (Å²) in [4.78, 5) is 4.40. The summed E-state index contributed by atoms with van der Waals surface area (Å²) in [5.41, 5.74) is 0. The number of aliphatic imine (C=N–C) groups is 1. The summed E-state index contributed by atoms with van der Waals surface area (Å²) < 4.78 is 1.23. The molecule has 0 N–H and O–H groups in total. The second-order valence-electron chi connectivity index (χ2n) is 2.41. The van der Waals surface area contributed by atoms with Crippen LogP contribution in [-0.2, 0) is 0 Å². The van der Waals surface area contributed by atoms with Gasteiger partial charge in [0.2, 0.25) is 0 Å². The van der Waals surface area contributed by atoms with Crippen LogP contribution in [-0.4, -0.2) is 41.0 Å². The first-order chi connectivity index (χ1) is 5.31. The summed E-state index contributed by atoms with van der Waals surface area (Å²) in [6.45, 7) is 3.26. The van der Waals surface area contributed by atoms with Crippen LogP contribution in [0.5, 0.6) is 0 Å². The Morgan fingerprint density at radius 1 is 1.36 bits per heavy atom. The van der Waals surface area contributed by atoms with Crippen LogP contribution in [0.3, 0.4) is 0 Å². The molecule has 0 heterocycles. The van der Waals surface area contributed by atoms with E-state index in [1.165, 1.54) is 29.2 Å². The van der Waals surface area contributed by atoms with Crippen molar-refractivity contribution in [2.45, 2.75) is 38.4 Å². The molecule has 0 rings (SSSR count). The third-order valence-electron chi connectivity index (χ3n) is 1.43. The normalized spacial score (nSPS) is 12.0. The zero-order valence-electron chi connectivity index (χ0n) is 7.30. The molecule has 0 aliphatic rings. The average Bonchev–Trinajstić information content (AvgIpc) is 2.04. The molecule has 1 radical (unpaired) electrons. The molecule has 0 atom stereocenters. The molecule has 0 aliphatic heterocycles. The van der Waals surface area contributed by atoms with Gasteiger partial charge in [-0.3, -0.25) is 0 Å². The zero-order valence-corrected chi connectivity index (χ0v) is 10.7. The van der Waals surface area contributed by atoms with Crippen molar-refractivity contribution in [1.82, 2.24) is 0 Å². The van der Waals surface area contributed by atoms with E-state index >= 15 is 0 Å². The van der Waals surface area contributed by atoms with Crippen molar-refractivity contribution in [3.63, 3.8) is 0 Å². The first-order valence-electron chi connectivity index (χ1n) is 4.06. The van der Waals surface area contributed by atoms with Gasteiger partial charge in [0.05, 0.1) is 0 Å². The molecule has 0 saturated heterocycles. The molecule has 0 aliphatic carbocycles. The van der Waals surface area contributed by atoms with Gasteiger partial charge in [-0.1, -0.05) is 0 Å². The van der Waals surface area contributed by atoms with Gasteiger partial charge >= 0.3 is 84.4 Å².